The lowest BCUT2D eigenvalue weighted by molar-refractivity contribution is -0.116. The molecule has 1 aromatic heterocycles. The third-order valence-corrected chi connectivity index (χ3v) is 3.64. The van der Waals surface area contributed by atoms with Gasteiger partial charge in [-0.3, -0.25) is 4.79 Å². The predicted molar refractivity (Wildman–Crippen MR) is 89.8 cm³/mol. The van der Waals surface area contributed by atoms with Crippen LogP contribution in [0.3, 0.4) is 0 Å². The minimum Gasteiger partial charge on any atom is -0.358 e. The normalized spacial score (nSPS) is 10.1. The number of aromatic nitrogens is 1. The predicted octanol–water partition coefficient (Wildman–Crippen LogP) is 4.15. The summed E-state index contributed by atoms with van der Waals surface area (Å²) >= 11 is 1.57. The maximum atomic E-state index is 11.5. The number of nitrogens with zero attached hydrogens (tertiary/aromatic N) is 1. The van der Waals surface area contributed by atoms with Crippen LogP contribution in [0, 0.1) is 0 Å². The molecule has 2 aromatic rings. The van der Waals surface area contributed by atoms with Gasteiger partial charge in [-0.15, -0.1) is 17.9 Å². The van der Waals surface area contributed by atoms with Crippen LogP contribution in [0.15, 0.2) is 42.3 Å². The molecule has 2 rings (SSSR count). The van der Waals surface area contributed by atoms with Gasteiger partial charge in [-0.1, -0.05) is 25.1 Å². The Hall–Kier alpha value is -2.14. The Morgan fingerprint density at radius 1 is 1.38 bits per heavy atom. The fourth-order valence-electron chi connectivity index (χ4n) is 1.82. The molecule has 0 bridgehead atoms. The van der Waals surface area contributed by atoms with E-state index < -0.39 is 0 Å². The SMILES string of the molecule is C=CCNc1nc(-c2ccc(NC(=O)CCC)cc2)cs1. The van der Waals surface area contributed by atoms with Gasteiger partial charge in [-0.2, -0.15) is 0 Å². The zero-order valence-electron chi connectivity index (χ0n) is 12.1. The molecular weight excluding hydrogens is 282 g/mol. The molecule has 0 aliphatic carbocycles. The van der Waals surface area contributed by atoms with Crippen LogP contribution < -0.4 is 10.6 Å². The first kappa shape index (κ1) is 15.3. The van der Waals surface area contributed by atoms with Crippen LogP contribution >= 0.6 is 11.3 Å². The third-order valence-electron chi connectivity index (χ3n) is 2.84. The second kappa shape index (κ2) is 7.59. The molecule has 2 N–H and O–H groups in total. The third kappa shape index (κ3) is 4.43. The van der Waals surface area contributed by atoms with Crippen LogP contribution in [0.25, 0.3) is 11.3 Å². The van der Waals surface area contributed by atoms with Crippen molar-refractivity contribution in [3.05, 3.63) is 42.3 Å². The van der Waals surface area contributed by atoms with E-state index in [1.807, 2.05) is 36.6 Å². The summed E-state index contributed by atoms with van der Waals surface area (Å²) in [5.74, 6) is 0.0508. The molecule has 1 amide bonds. The summed E-state index contributed by atoms with van der Waals surface area (Å²) in [6.07, 6.45) is 3.20. The monoisotopic (exact) mass is 301 g/mol. The van der Waals surface area contributed by atoms with Crippen LogP contribution in [0.2, 0.25) is 0 Å². The fourth-order valence-corrected chi connectivity index (χ4v) is 2.55. The van der Waals surface area contributed by atoms with Gasteiger partial charge >= 0.3 is 0 Å². The summed E-state index contributed by atoms with van der Waals surface area (Å²) in [5.41, 5.74) is 2.78. The number of nitrogens with one attached hydrogen (secondary N) is 2. The second-order valence-corrected chi connectivity index (χ2v) is 5.44. The summed E-state index contributed by atoms with van der Waals surface area (Å²) in [5, 5.41) is 8.93. The van der Waals surface area contributed by atoms with Crippen molar-refractivity contribution in [3.63, 3.8) is 0 Å². The van der Waals surface area contributed by atoms with Crippen LogP contribution in [-0.4, -0.2) is 17.4 Å². The smallest absolute Gasteiger partial charge is 0.224 e. The molecule has 1 aromatic carbocycles. The summed E-state index contributed by atoms with van der Waals surface area (Å²) in [6, 6.07) is 7.74. The van der Waals surface area contributed by atoms with E-state index in [0.717, 1.165) is 28.5 Å². The number of amides is 1. The van der Waals surface area contributed by atoms with E-state index in [-0.39, 0.29) is 5.91 Å². The van der Waals surface area contributed by atoms with E-state index in [1.165, 1.54) is 0 Å². The molecule has 1 heterocycles. The fraction of sp³-hybridized carbons (Fsp3) is 0.250. The highest BCUT2D eigenvalue weighted by Gasteiger charge is 2.05. The Balaban J connectivity index is 2.02. The van der Waals surface area contributed by atoms with E-state index in [9.17, 15) is 4.79 Å². The molecule has 0 unspecified atom stereocenters. The van der Waals surface area contributed by atoms with Gasteiger partial charge in [0.1, 0.15) is 0 Å². The van der Waals surface area contributed by atoms with Crippen LogP contribution in [-0.2, 0) is 4.79 Å². The van der Waals surface area contributed by atoms with Crippen molar-refractivity contribution < 1.29 is 4.79 Å². The first-order valence-electron chi connectivity index (χ1n) is 6.93. The maximum absolute atomic E-state index is 11.5. The van der Waals surface area contributed by atoms with Gasteiger partial charge in [-0.25, -0.2) is 4.98 Å². The molecule has 0 saturated heterocycles. The molecule has 0 atom stereocenters. The van der Waals surface area contributed by atoms with Gasteiger partial charge in [0.15, 0.2) is 5.13 Å². The van der Waals surface area contributed by atoms with Crippen LogP contribution in [0.5, 0.6) is 0 Å². The van der Waals surface area contributed by atoms with Gasteiger partial charge < -0.3 is 10.6 Å². The lowest BCUT2D eigenvalue weighted by atomic mass is 10.1. The number of rotatable bonds is 7. The molecule has 21 heavy (non-hydrogen) atoms. The lowest BCUT2D eigenvalue weighted by Crippen LogP contribution is -2.10. The highest BCUT2D eigenvalue weighted by molar-refractivity contribution is 7.14. The Kier molecular flexibility index (Phi) is 5.51. The zero-order valence-corrected chi connectivity index (χ0v) is 12.9. The largest absolute Gasteiger partial charge is 0.358 e. The molecule has 0 spiro atoms. The number of hydrogen-bond acceptors (Lipinski definition) is 4. The Labute approximate surface area is 128 Å². The van der Waals surface area contributed by atoms with Crippen molar-refractivity contribution >= 4 is 28.1 Å². The molecule has 0 aliphatic heterocycles. The van der Waals surface area contributed by atoms with Crippen molar-refractivity contribution in [1.29, 1.82) is 0 Å². The summed E-state index contributed by atoms with van der Waals surface area (Å²) in [4.78, 5) is 16.0. The average Bonchev–Trinajstić information content (AvgIpc) is 2.95. The van der Waals surface area contributed by atoms with E-state index in [4.69, 9.17) is 0 Å². The van der Waals surface area contributed by atoms with Gasteiger partial charge in [0.2, 0.25) is 5.91 Å². The van der Waals surface area contributed by atoms with E-state index in [2.05, 4.69) is 22.2 Å². The zero-order chi connectivity index (χ0) is 15.1. The molecule has 0 saturated carbocycles. The van der Waals surface area contributed by atoms with Crippen molar-refractivity contribution in [3.8, 4) is 11.3 Å². The maximum Gasteiger partial charge on any atom is 0.224 e. The topological polar surface area (TPSA) is 54.0 Å². The minimum absolute atomic E-state index is 0.0508. The summed E-state index contributed by atoms with van der Waals surface area (Å²) in [7, 11) is 0. The molecule has 5 heteroatoms. The van der Waals surface area contributed by atoms with Gasteiger partial charge in [0, 0.05) is 29.6 Å². The van der Waals surface area contributed by atoms with Crippen molar-refractivity contribution in [1.82, 2.24) is 4.98 Å². The van der Waals surface area contributed by atoms with Crippen molar-refractivity contribution in [2.75, 3.05) is 17.2 Å². The van der Waals surface area contributed by atoms with Gasteiger partial charge in [0.05, 0.1) is 5.69 Å². The second-order valence-electron chi connectivity index (χ2n) is 4.58. The Morgan fingerprint density at radius 3 is 2.81 bits per heavy atom. The number of benzene rings is 1. The molecule has 0 fully saturated rings. The van der Waals surface area contributed by atoms with E-state index >= 15 is 0 Å². The van der Waals surface area contributed by atoms with Crippen LogP contribution in [0.4, 0.5) is 10.8 Å². The lowest BCUT2D eigenvalue weighted by Gasteiger charge is -2.05. The Bertz CT molecular complexity index is 604. The number of anilines is 2. The first-order chi connectivity index (χ1) is 10.2. The van der Waals surface area contributed by atoms with Gasteiger partial charge in [-0.05, 0) is 18.6 Å². The standard InChI is InChI=1S/C16H19N3OS/c1-3-5-15(20)18-13-8-6-12(7-9-13)14-11-21-16(19-14)17-10-4-2/h4,6-9,11H,2-3,5,10H2,1H3,(H,17,19)(H,18,20). The molecule has 0 radical (unpaired) electrons. The molecule has 110 valence electrons. The average molecular weight is 301 g/mol. The van der Waals surface area contributed by atoms with Crippen molar-refractivity contribution in [2.45, 2.75) is 19.8 Å². The molecule has 0 aliphatic rings. The van der Waals surface area contributed by atoms with Crippen LogP contribution in [0.1, 0.15) is 19.8 Å². The number of carbonyl (C=O) groups excluding carboxylic acids is 1. The van der Waals surface area contributed by atoms with E-state index in [1.54, 1.807) is 17.4 Å². The number of thiazole rings is 1. The highest BCUT2D eigenvalue weighted by Crippen LogP contribution is 2.25. The van der Waals surface area contributed by atoms with Crippen molar-refractivity contribution in [2.24, 2.45) is 0 Å². The molecular formula is C16H19N3OS. The van der Waals surface area contributed by atoms with Gasteiger partial charge in [0.25, 0.3) is 0 Å². The number of hydrogen-bond donors (Lipinski definition) is 2. The highest BCUT2D eigenvalue weighted by atomic mass is 32.1. The quantitative estimate of drug-likeness (QED) is 0.755. The Morgan fingerprint density at radius 2 is 2.14 bits per heavy atom. The summed E-state index contributed by atoms with van der Waals surface area (Å²) < 4.78 is 0. The summed E-state index contributed by atoms with van der Waals surface area (Å²) in [6.45, 7) is 6.36. The minimum atomic E-state index is 0.0508. The number of carbonyl (C=O) groups is 1. The molecule has 4 nitrogen and oxygen atoms in total. The van der Waals surface area contributed by atoms with E-state index in [0.29, 0.717) is 13.0 Å². The first-order valence-corrected chi connectivity index (χ1v) is 7.81.